The van der Waals surface area contributed by atoms with Crippen LogP contribution in [0.5, 0.6) is 5.75 Å². The highest BCUT2D eigenvalue weighted by Gasteiger charge is 2.24. The Labute approximate surface area is 180 Å². The van der Waals surface area contributed by atoms with Gasteiger partial charge in [0.2, 0.25) is 5.91 Å². The van der Waals surface area contributed by atoms with Gasteiger partial charge in [-0.3, -0.25) is 14.4 Å². The predicted molar refractivity (Wildman–Crippen MR) is 118 cm³/mol. The molecule has 1 N–H and O–H groups in total. The van der Waals surface area contributed by atoms with E-state index in [-0.39, 0.29) is 18.0 Å². The van der Waals surface area contributed by atoms with Crippen LogP contribution in [0.3, 0.4) is 0 Å². The molecule has 1 aliphatic heterocycles. The average Bonchev–Trinajstić information content (AvgIpc) is 3.17. The molecule has 4 rings (SSSR count). The van der Waals surface area contributed by atoms with E-state index in [0.29, 0.717) is 16.8 Å². The summed E-state index contributed by atoms with van der Waals surface area (Å²) in [4.78, 5) is 40.2. The molecule has 7 nitrogen and oxygen atoms in total. The number of amides is 2. The van der Waals surface area contributed by atoms with Crippen LogP contribution in [-0.4, -0.2) is 47.3 Å². The smallest absolute Gasteiger partial charge is 0.296 e. The van der Waals surface area contributed by atoms with Crippen molar-refractivity contribution < 1.29 is 19.1 Å². The number of methoxy groups -OCH3 is 1. The second-order valence-corrected chi connectivity index (χ2v) is 7.64. The summed E-state index contributed by atoms with van der Waals surface area (Å²) >= 11 is 0. The molecule has 1 fully saturated rings. The summed E-state index contributed by atoms with van der Waals surface area (Å²) < 4.78 is 6.92. The number of anilines is 1. The molecule has 0 radical (unpaired) electrons. The molecule has 0 atom stereocenters. The SMILES string of the molecule is COc1cccc(NC(=O)C(=O)c2cn(CC(=O)N3CCCCC3)c3ccccc23)c1. The van der Waals surface area contributed by atoms with Crippen LogP contribution in [0.1, 0.15) is 29.6 Å². The summed E-state index contributed by atoms with van der Waals surface area (Å²) in [5.74, 6) is -0.778. The number of rotatable bonds is 6. The minimum Gasteiger partial charge on any atom is -0.497 e. The fourth-order valence-electron chi connectivity index (χ4n) is 3.96. The fraction of sp³-hybridized carbons (Fsp3) is 0.292. The van der Waals surface area contributed by atoms with Gasteiger partial charge in [-0.2, -0.15) is 0 Å². The summed E-state index contributed by atoms with van der Waals surface area (Å²) in [5, 5.41) is 3.28. The van der Waals surface area contributed by atoms with E-state index >= 15 is 0 Å². The van der Waals surface area contributed by atoms with Crippen molar-refractivity contribution in [1.29, 1.82) is 0 Å². The van der Waals surface area contributed by atoms with Gasteiger partial charge in [0.15, 0.2) is 0 Å². The minimum absolute atomic E-state index is 0.0280. The minimum atomic E-state index is -0.737. The largest absolute Gasteiger partial charge is 0.497 e. The molecule has 1 aromatic heterocycles. The Hall–Kier alpha value is -3.61. The number of likely N-dealkylation sites (tertiary alicyclic amines) is 1. The van der Waals surface area contributed by atoms with E-state index in [2.05, 4.69) is 5.32 Å². The molecule has 0 bridgehead atoms. The first-order valence-corrected chi connectivity index (χ1v) is 10.4. The maximum absolute atomic E-state index is 13.0. The fourth-order valence-corrected chi connectivity index (χ4v) is 3.96. The van der Waals surface area contributed by atoms with Crippen LogP contribution in [0, 0.1) is 0 Å². The zero-order chi connectivity index (χ0) is 21.8. The van der Waals surface area contributed by atoms with Crippen LogP contribution in [0.4, 0.5) is 5.69 Å². The highest BCUT2D eigenvalue weighted by Crippen LogP contribution is 2.23. The Morgan fingerprint density at radius 3 is 2.55 bits per heavy atom. The molecule has 0 saturated carbocycles. The number of hydrogen-bond donors (Lipinski definition) is 1. The molecule has 1 saturated heterocycles. The molecule has 2 aromatic carbocycles. The lowest BCUT2D eigenvalue weighted by Gasteiger charge is -2.27. The number of ether oxygens (including phenoxy) is 1. The van der Waals surface area contributed by atoms with Gasteiger partial charge in [0.1, 0.15) is 12.3 Å². The third-order valence-corrected chi connectivity index (χ3v) is 5.58. The molecule has 7 heteroatoms. The van der Waals surface area contributed by atoms with Crippen LogP contribution < -0.4 is 10.1 Å². The molecule has 160 valence electrons. The van der Waals surface area contributed by atoms with Crippen LogP contribution >= 0.6 is 0 Å². The summed E-state index contributed by atoms with van der Waals surface area (Å²) in [6.07, 6.45) is 4.80. The molecule has 2 heterocycles. The molecule has 2 amide bonds. The summed E-state index contributed by atoms with van der Waals surface area (Å²) in [6, 6.07) is 14.1. The maximum atomic E-state index is 13.0. The zero-order valence-corrected chi connectivity index (χ0v) is 17.5. The lowest BCUT2D eigenvalue weighted by Crippen LogP contribution is -2.37. The molecule has 0 aliphatic carbocycles. The van der Waals surface area contributed by atoms with Crippen molar-refractivity contribution in [2.45, 2.75) is 25.8 Å². The third kappa shape index (κ3) is 4.45. The first kappa shape index (κ1) is 20.7. The second-order valence-electron chi connectivity index (χ2n) is 7.64. The standard InChI is InChI=1S/C24H25N3O4/c1-31-18-9-7-8-17(14-18)25-24(30)23(29)20-15-27(21-11-4-3-10-19(20)21)16-22(28)26-12-5-2-6-13-26/h3-4,7-11,14-15H,2,5-6,12-13,16H2,1H3,(H,25,30). The van der Waals surface area contributed by atoms with Gasteiger partial charge >= 0.3 is 0 Å². The number of Topliss-reactive ketones (excluding diaryl/α,β-unsaturated/α-hetero) is 1. The highest BCUT2D eigenvalue weighted by atomic mass is 16.5. The number of piperidine rings is 1. The third-order valence-electron chi connectivity index (χ3n) is 5.58. The van der Waals surface area contributed by atoms with E-state index in [0.717, 1.165) is 37.9 Å². The summed E-state index contributed by atoms with van der Waals surface area (Å²) in [7, 11) is 1.53. The van der Waals surface area contributed by atoms with Crippen molar-refractivity contribution in [2.75, 3.05) is 25.5 Å². The maximum Gasteiger partial charge on any atom is 0.296 e. The molecular weight excluding hydrogens is 394 g/mol. The topological polar surface area (TPSA) is 80.6 Å². The molecule has 3 aromatic rings. The Morgan fingerprint density at radius 1 is 1.00 bits per heavy atom. The highest BCUT2D eigenvalue weighted by molar-refractivity contribution is 6.48. The van der Waals surface area contributed by atoms with Gasteiger partial charge in [0.25, 0.3) is 11.7 Å². The van der Waals surface area contributed by atoms with Crippen molar-refractivity contribution in [3.63, 3.8) is 0 Å². The van der Waals surface area contributed by atoms with Gasteiger partial charge in [-0.25, -0.2) is 0 Å². The van der Waals surface area contributed by atoms with Gasteiger partial charge in [-0.1, -0.05) is 24.3 Å². The van der Waals surface area contributed by atoms with Crippen molar-refractivity contribution >= 4 is 34.2 Å². The Balaban J connectivity index is 1.57. The number of benzene rings is 2. The van der Waals surface area contributed by atoms with Crippen LogP contribution in [0.25, 0.3) is 10.9 Å². The number of carbonyl (C=O) groups excluding carboxylic acids is 3. The van der Waals surface area contributed by atoms with Crippen LogP contribution in [0.15, 0.2) is 54.7 Å². The van der Waals surface area contributed by atoms with Gasteiger partial charge in [-0.15, -0.1) is 0 Å². The predicted octanol–water partition coefficient (Wildman–Crippen LogP) is 3.48. The van der Waals surface area contributed by atoms with Crippen molar-refractivity contribution in [1.82, 2.24) is 9.47 Å². The number of aromatic nitrogens is 1. The molecule has 1 aliphatic rings. The van der Waals surface area contributed by atoms with Gasteiger partial charge in [-0.05, 0) is 37.5 Å². The molecular formula is C24H25N3O4. The monoisotopic (exact) mass is 419 g/mol. The Kier molecular flexibility index (Phi) is 6.02. The second kappa shape index (κ2) is 9.04. The number of fused-ring (bicyclic) bond motifs is 1. The van der Waals surface area contributed by atoms with E-state index in [1.54, 1.807) is 41.1 Å². The first-order chi connectivity index (χ1) is 15.1. The average molecular weight is 419 g/mol. The van der Waals surface area contributed by atoms with Crippen molar-refractivity contribution in [3.8, 4) is 5.75 Å². The number of ketones is 1. The van der Waals surface area contributed by atoms with Crippen LogP contribution in [-0.2, 0) is 16.1 Å². The quantitative estimate of drug-likeness (QED) is 0.490. The van der Waals surface area contributed by atoms with Gasteiger partial charge in [0, 0.05) is 41.9 Å². The van der Waals surface area contributed by atoms with Crippen molar-refractivity contribution in [3.05, 3.63) is 60.3 Å². The molecule has 0 unspecified atom stereocenters. The normalized spacial score (nSPS) is 13.8. The summed E-state index contributed by atoms with van der Waals surface area (Å²) in [5.41, 5.74) is 1.51. The van der Waals surface area contributed by atoms with E-state index in [4.69, 9.17) is 4.74 Å². The van der Waals surface area contributed by atoms with E-state index < -0.39 is 11.7 Å². The lowest BCUT2D eigenvalue weighted by atomic mass is 10.1. The number of para-hydroxylation sites is 1. The first-order valence-electron chi connectivity index (χ1n) is 10.4. The molecule has 31 heavy (non-hydrogen) atoms. The molecule has 0 spiro atoms. The van der Waals surface area contributed by atoms with E-state index in [1.165, 1.54) is 7.11 Å². The Morgan fingerprint density at radius 2 is 1.77 bits per heavy atom. The number of nitrogens with one attached hydrogen (secondary N) is 1. The number of carbonyl (C=O) groups is 3. The summed E-state index contributed by atoms with van der Waals surface area (Å²) in [6.45, 7) is 1.69. The lowest BCUT2D eigenvalue weighted by molar-refractivity contribution is -0.132. The van der Waals surface area contributed by atoms with Crippen molar-refractivity contribution in [2.24, 2.45) is 0 Å². The zero-order valence-electron chi connectivity index (χ0n) is 17.5. The number of nitrogens with zero attached hydrogens (tertiary/aromatic N) is 2. The number of hydrogen-bond acceptors (Lipinski definition) is 4. The Bertz CT molecular complexity index is 1130. The van der Waals surface area contributed by atoms with Gasteiger partial charge < -0.3 is 19.5 Å². The van der Waals surface area contributed by atoms with E-state index in [9.17, 15) is 14.4 Å². The van der Waals surface area contributed by atoms with E-state index in [1.807, 2.05) is 23.1 Å². The van der Waals surface area contributed by atoms with Gasteiger partial charge in [0.05, 0.1) is 12.7 Å². The van der Waals surface area contributed by atoms with Crippen LogP contribution in [0.2, 0.25) is 0 Å².